The van der Waals surface area contributed by atoms with Crippen molar-refractivity contribution in [1.29, 1.82) is 0 Å². The van der Waals surface area contributed by atoms with Crippen molar-refractivity contribution in [1.82, 2.24) is 10.2 Å². The van der Waals surface area contributed by atoms with Crippen molar-refractivity contribution in [2.24, 2.45) is 11.7 Å². The highest BCUT2D eigenvalue weighted by atomic mass is 16.5. The second kappa shape index (κ2) is 5.81. The van der Waals surface area contributed by atoms with Crippen LogP contribution in [0.5, 0.6) is 0 Å². The molecule has 0 aromatic rings. The Hall–Kier alpha value is -1.14. The van der Waals surface area contributed by atoms with Crippen molar-refractivity contribution in [2.75, 3.05) is 26.7 Å². The van der Waals surface area contributed by atoms with Gasteiger partial charge in [-0.3, -0.25) is 15.0 Å². The number of ether oxygens (including phenoxy) is 1. The fourth-order valence-corrected chi connectivity index (χ4v) is 2.00. The topological polar surface area (TPSA) is 84.7 Å². The molecule has 1 aliphatic rings. The molecule has 6 nitrogen and oxygen atoms in total. The molecule has 0 aliphatic carbocycles. The van der Waals surface area contributed by atoms with Gasteiger partial charge in [0.25, 0.3) is 0 Å². The maximum absolute atomic E-state index is 11.4. The third-order valence-corrected chi connectivity index (χ3v) is 2.90. The van der Waals surface area contributed by atoms with E-state index in [1.165, 1.54) is 7.11 Å². The summed E-state index contributed by atoms with van der Waals surface area (Å²) in [4.78, 5) is 24.3. The zero-order chi connectivity index (χ0) is 12.1. The molecular weight excluding hydrogens is 210 g/mol. The van der Waals surface area contributed by atoms with Crippen LogP contribution in [-0.4, -0.2) is 49.7 Å². The van der Waals surface area contributed by atoms with Gasteiger partial charge in [0.15, 0.2) is 0 Å². The standard InChI is InChI=1S/C10H19N3O3/c1-7-3-8(4-11)5-13(7)6-9(14)12-10(15)16-2/h7-8H,3-6,11H2,1-2H3,(H,12,14,15). The molecule has 6 heteroatoms. The molecule has 2 unspecified atom stereocenters. The average molecular weight is 229 g/mol. The fourth-order valence-electron chi connectivity index (χ4n) is 2.00. The predicted molar refractivity (Wildman–Crippen MR) is 58.7 cm³/mol. The number of likely N-dealkylation sites (tertiary alicyclic amines) is 1. The first kappa shape index (κ1) is 12.9. The third-order valence-electron chi connectivity index (χ3n) is 2.90. The van der Waals surface area contributed by atoms with Crippen molar-refractivity contribution in [2.45, 2.75) is 19.4 Å². The largest absolute Gasteiger partial charge is 0.453 e. The SMILES string of the molecule is COC(=O)NC(=O)CN1CC(CN)CC1C. The quantitative estimate of drug-likeness (QED) is 0.684. The van der Waals surface area contributed by atoms with Gasteiger partial charge in [-0.25, -0.2) is 4.79 Å². The van der Waals surface area contributed by atoms with Crippen LogP contribution in [0.1, 0.15) is 13.3 Å². The normalized spacial score (nSPS) is 25.4. The number of amides is 2. The highest BCUT2D eigenvalue weighted by Crippen LogP contribution is 2.21. The molecule has 1 aliphatic heterocycles. The highest BCUT2D eigenvalue weighted by molar-refractivity contribution is 5.92. The van der Waals surface area contributed by atoms with Gasteiger partial charge in [-0.2, -0.15) is 0 Å². The molecule has 2 amide bonds. The third kappa shape index (κ3) is 3.46. The Morgan fingerprint density at radius 2 is 2.25 bits per heavy atom. The van der Waals surface area contributed by atoms with Gasteiger partial charge in [-0.05, 0) is 25.8 Å². The van der Waals surface area contributed by atoms with Crippen molar-refractivity contribution >= 4 is 12.0 Å². The molecule has 1 fully saturated rings. The Balaban J connectivity index is 2.37. The number of alkyl carbamates (subject to hydrolysis) is 1. The van der Waals surface area contributed by atoms with Crippen molar-refractivity contribution < 1.29 is 14.3 Å². The number of hydrogen-bond acceptors (Lipinski definition) is 5. The van der Waals surface area contributed by atoms with Gasteiger partial charge < -0.3 is 10.5 Å². The smallest absolute Gasteiger partial charge is 0.413 e. The monoisotopic (exact) mass is 229 g/mol. The van der Waals surface area contributed by atoms with E-state index >= 15 is 0 Å². The van der Waals surface area contributed by atoms with E-state index < -0.39 is 6.09 Å². The number of imide groups is 1. The minimum atomic E-state index is -0.716. The number of methoxy groups -OCH3 is 1. The molecule has 92 valence electrons. The summed E-state index contributed by atoms with van der Waals surface area (Å²) in [5.74, 6) is 0.109. The number of rotatable bonds is 3. The molecule has 1 heterocycles. The number of hydrogen-bond donors (Lipinski definition) is 2. The Labute approximate surface area is 95.1 Å². The summed E-state index contributed by atoms with van der Waals surface area (Å²) >= 11 is 0. The van der Waals surface area contributed by atoms with E-state index in [1.807, 2.05) is 4.90 Å². The zero-order valence-electron chi connectivity index (χ0n) is 9.73. The summed E-state index contributed by atoms with van der Waals surface area (Å²) in [7, 11) is 1.23. The van der Waals surface area contributed by atoms with Gasteiger partial charge in [-0.15, -0.1) is 0 Å². The second-order valence-electron chi connectivity index (χ2n) is 4.16. The Morgan fingerprint density at radius 1 is 1.56 bits per heavy atom. The van der Waals surface area contributed by atoms with Crippen molar-refractivity contribution in [3.05, 3.63) is 0 Å². The Kier molecular flexibility index (Phi) is 4.70. The number of nitrogens with one attached hydrogen (secondary N) is 1. The number of nitrogens with two attached hydrogens (primary N) is 1. The van der Waals surface area contributed by atoms with Crippen LogP contribution in [0.4, 0.5) is 4.79 Å². The maximum Gasteiger partial charge on any atom is 0.413 e. The van der Waals surface area contributed by atoms with E-state index in [9.17, 15) is 9.59 Å². The van der Waals surface area contributed by atoms with Gasteiger partial charge in [0, 0.05) is 12.6 Å². The number of carbonyl (C=O) groups is 2. The van der Waals surface area contributed by atoms with Crippen LogP contribution < -0.4 is 11.1 Å². The van der Waals surface area contributed by atoms with Crippen LogP contribution in [-0.2, 0) is 9.53 Å². The lowest BCUT2D eigenvalue weighted by atomic mass is 10.1. The first-order valence-corrected chi connectivity index (χ1v) is 5.38. The van der Waals surface area contributed by atoms with Crippen LogP contribution in [0.15, 0.2) is 0 Å². The predicted octanol–water partition coefficient (Wildman–Crippen LogP) is -0.462. The number of nitrogens with zero attached hydrogens (tertiary/aromatic N) is 1. The lowest BCUT2D eigenvalue weighted by Gasteiger charge is -2.19. The summed E-state index contributed by atoms with van der Waals surface area (Å²) in [6.07, 6.45) is 0.286. The maximum atomic E-state index is 11.4. The summed E-state index contributed by atoms with van der Waals surface area (Å²) in [6, 6.07) is 0.331. The van der Waals surface area contributed by atoms with Crippen LogP contribution in [0.25, 0.3) is 0 Å². The minimum Gasteiger partial charge on any atom is -0.453 e. The van der Waals surface area contributed by atoms with Gasteiger partial charge in [0.1, 0.15) is 0 Å². The number of carbonyl (C=O) groups excluding carboxylic acids is 2. The summed E-state index contributed by atoms with van der Waals surface area (Å²) < 4.78 is 4.35. The molecular formula is C10H19N3O3. The molecule has 0 saturated carbocycles. The first-order chi connectivity index (χ1) is 7.56. The lowest BCUT2D eigenvalue weighted by Crippen LogP contribution is -2.41. The van der Waals surface area contributed by atoms with Gasteiger partial charge in [0.05, 0.1) is 13.7 Å². The van der Waals surface area contributed by atoms with E-state index in [4.69, 9.17) is 5.73 Å². The first-order valence-electron chi connectivity index (χ1n) is 5.38. The van der Waals surface area contributed by atoms with E-state index in [2.05, 4.69) is 17.0 Å². The molecule has 0 bridgehead atoms. The molecule has 16 heavy (non-hydrogen) atoms. The summed E-state index contributed by atoms with van der Waals surface area (Å²) in [5, 5.41) is 2.14. The van der Waals surface area contributed by atoms with E-state index in [0.29, 0.717) is 18.5 Å². The molecule has 0 aromatic heterocycles. The molecule has 0 spiro atoms. The molecule has 0 radical (unpaired) electrons. The summed E-state index contributed by atoms with van der Waals surface area (Å²) in [5.41, 5.74) is 5.59. The van der Waals surface area contributed by atoms with E-state index in [0.717, 1.165) is 13.0 Å². The minimum absolute atomic E-state index is 0.215. The van der Waals surface area contributed by atoms with Gasteiger partial charge in [0.2, 0.25) is 5.91 Å². The molecule has 1 rings (SSSR count). The van der Waals surface area contributed by atoms with Crippen molar-refractivity contribution in [3.63, 3.8) is 0 Å². The van der Waals surface area contributed by atoms with Crippen LogP contribution in [0.2, 0.25) is 0 Å². The molecule has 0 aromatic carbocycles. The van der Waals surface area contributed by atoms with E-state index in [-0.39, 0.29) is 12.5 Å². The van der Waals surface area contributed by atoms with Gasteiger partial charge in [-0.1, -0.05) is 0 Å². The van der Waals surface area contributed by atoms with Crippen LogP contribution >= 0.6 is 0 Å². The molecule has 3 N–H and O–H groups in total. The molecule has 1 saturated heterocycles. The summed E-state index contributed by atoms with van der Waals surface area (Å²) in [6.45, 7) is 3.72. The lowest BCUT2D eigenvalue weighted by molar-refractivity contribution is -0.121. The second-order valence-corrected chi connectivity index (χ2v) is 4.16. The van der Waals surface area contributed by atoms with E-state index in [1.54, 1.807) is 0 Å². The Morgan fingerprint density at radius 3 is 2.75 bits per heavy atom. The molecule has 2 atom stereocenters. The van der Waals surface area contributed by atoms with Crippen LogP contribution in [0, 0.1) is 5.92 Å². The average Bonchev–Trinajstić information content (AvgIpc) is 2.59. The fraction of sp³-hybridized carbons (Fsp3) is 0.800. The van der Waals surface area contributed by atoms with Crippen molar-refractivity contribution in [3.8, 4) is 0 Å². The highest BCUT2D eigenvalue weighted by Gasteiger charge is 2.29. The Bertz CT molecular complexity index is 270. The van der Waals surface area contributed by atoms with Crippen LogP contribution in [0.3, 0.4) is 0 Å². The zero-order valence-corrected chi connectivity index (χ0v) is 9.73. The van der Waals surface area contributed by atoms with Gasteiger partial charge >= 0.3 is 6.09 Å².